The molecule has 1 saturated heterocycles. The first-order valence-electron chi connectivity index (χ1n) is 9.07. The summed E-state index contributed by atoms with van der Waals surface area (Å²) in [6.45, 7) is 2.58. The first kappa shape index (κ1) is 19.3. The number of aromatic nitrogens is 2. The number of hydrogen-bond acceptors (Lipinski definition) is 5. The molecule has 0 aromatic carbocycles. The second-order valence-corrected chi connectivity index (χ2v) is 9.05. The van der Waals surface area contributed by atoms with Crippen molar-refractivity contribution in [1.29, 1.82) is 0 Å². The van der Waals surface area contributed by atoms with E-state index in [1.54, 1.807) is 35.8 Å². The van der Waals surface area contributed by atoms with Crippen molar-refractivity contribution in [2.75, 3.05) is 25.1 Å². The van der Waals surface area contributed by atoms with Gasteiger partial charge in [0, 0.05) is 25.8 Å². The van der Waals surface area contributed by atoms with Crippen LogP contribution in [0.25, 0.3) is 5.52 Å². The van der Waals surface area contributed by atoms with Crippen molar-refractivity contribution in [2.45, 2.75) is 32.2 Å². The van der Waals surface area contributed by atoms with E-state index in [9.17, 15) is 18.0 Å². The Morgan fingerprint density at radius 1 is 1.37 bits per heavy atom. The van der Waals surface area contributed by atoms with Gasteiger partial charge in [-0.1, -0.05) is 19.4 Å². The van der Waals surface area contributed by atoms with Crippen LogP contribution in [0.5, 0.6) is 0 Å². The maximum absolute atomic E-state index is 13.0. The molecule has 1 aliphatic rings. The van der Waals surface area contributed by atoms with Gasteiger partial charge < -0.3 is 10.2 Å². The van der Waals surface area contributed by atoms with Crippen LogP contribution in [-0.4, -0.2) is 65.7 Å². The Morgan fingerprint density at radius 2 is 2.15 bits per heavy atom. The molecule has 1 aliphatic heterocycles. The van der Waals surface area contributed by atoms with Crippen LogP contribution in [0, 0.1) is 0 Å². The number of fused-ring (bicyclic) bond motifs is 1. The molecule has 9 heteroatoms. The zero-order valence-electron chi connectivity index (χ0n) is 15.5. The van der Waals surface area contributed by atoms with Crippen molar-refractivity contribution >= 4 is 27.2 Å². The smallest absolute Gasteiger partial charge is 0.287 e. The Labute approximate surface area is 158 Å². The molecular formula is C18H24N4O4S. The van der Waals surface area contributed by atoms with E-state index in [1.807, 2.05) is 6.92 Å². The number of nitrogens with zero attached hydrogens (tertiary/aromatic N) is 3. The average Bonchev–Trinajstić information content (AvgIpc) is 3.21. The van der Waals surface area contributed by atoms with Crippen LogP contribution < -0.4 is 5.32 Å². The predicted molar refractivity (Wildman–Crippen MR) is 102 cm³/mol. The van der Waals surface area contributed by atoms with Crippen LogP contribution in [0.3, 0.4) is 0 Å². The van der Waals surface area contributed by atoms with Gasteiger partial charge in [-0.25, -0.2) is 13.4 Å². The molecule has 3 rings (SSSR count). The Morgan fingerprint density at radius 3 is 2.81 bits per heavy atom. The average molecular weight is 392 g/mol. The van der Waals surface area contributed by atoms with E-state index < -0.39 is 9.84 Å². The van der Waals surface area contributed by atoms with E-state index in [1.165, 1.54) is 4.90 Å². The summed E-state index contributed by atoms with van der Waals surface area (Å²) in [4.78, 5) is 31.2. The lowest BCUT2D eigenvalue weighted by atomic mass is 10.2. The molecule has 2 aromatic heterocycles. The summed E-state index contributed by atoms with van der Waals surface area (Å²) in [5.74, 6) is -0.518. The third-order valence-corrected chi connectivity index (χ3v) is 6.60. The van der Waals surface area contributed by atoms with Crippen molar-refractivity contribution in [3.8, 4) is 0 Å². The zero-order chi connectivity index (χ0) is 19.6. The number of carbonyl (C=O) groups excluding carboxylic acids is 2. The third kappa shape index (κ3) is 3.97. The first-order chi connectivity index (χ1) is 12.8. The van der Waals surface area contributed by atoms with E-state index in [2.05, 4.69) is 10.3 Å². The van der Waals surface area contributed by atoms with E-state index in [-0.39, 0.29) is 40.9 Å². The van der Waals surface area contributed by atoms with E-state index in [4.69, 9.17) is 0 Å². The van der Waals surface area contributed by atoms with Crippen LogP contribution in [-0.2, 0) is 9.84 Å². The molecule has 0 saturated carbocycles. The van der Waals surface area contributed by atoms with Gasteiger partial charge in [0.05, 0.1) is 17.0 Å². The molecule has 3 heterocycles. The second-order valence-electron chi connectivity index (χ2n) is 6.82. The van der Waals surface area contributed by atoms with Gasteiger partial charge in [-0.2, -0.15) is 0 Å². The van der Waals surface area contributed by atoms with E-state index >= 15 is 0 Å². The van der Waals surface area contributed by atoms with Gasteiger partial charge in [-0.05, 0) is 25.0 Å². The number of carbonyl (C=O) groups is 2. The van der Waals surface area contributed by atoms with Crippen molar-refractivity contribution in [2.24, 2.45) is 0 Å². The maximum atomic E-state index is 13.0. The van der Waals surface area contributed by atoms with Crippen molar-refractivity contribution in [1.82, 2.24) is 19.6 Å². The lowest BCUT2D eigenvalue weighted by molar-refractivity contribution is 0.0744. The highest BCUT2D eigenvalue weighted by molar-refractivity contribution is 7.91. The minimum absolute atomic E-state index is 0.0363. The molecule has 1 N–H and O–H groups in total. The number of amides is 2. The standard InChI is InChI=1S/C18H24N4O4S/c1-3-4-9-19-17(23)16-20-15(14-7-5-6-10-22(14)16)18(24)21(2)13-8-11-27(25,26)12-13/h5-7,10,13H,3-4,8-9,11-12H2,1-2H3,(H,19,23). The molecule has 1 atom stereocenters. The fraction of sp³-hybridized carbons (Fsp3) is 0.500. The highest BCUT2D eigenvalue weighted by atomic mass is 32.2. The summed E-state index contributed by atoms with van der Waals surface area (Å²) in [6.07, 6.45) is 3.93. The quantitative estimate of drug-likeness (QED) is 0.743. The minimum Gasteiger partial charge on any atom is -0.349 e. The number of pyridine rings is 1. The molecule has 8 nitrogen and oxygen atoms in total. The van der Waals surface area contributed by atoms with Crippen LogP contribution >= 0.6 is 0 Å². The molecule has 1 fully saturated rings. The molecule has 0 aliphatic carbocycles. The largest absolute Gasteiger partial charge is 0.349 e. The Bertz CT molecular complexity index is 967. The SMILES string of the molecule is CCCCNC(=O)c1nc(C(=O)N(C)C2CCS(=O)(=O)C2)c2ccccn12. The maximum Gasteiger partial charge on any atom is 0.287 e. The number of nitrogens with one attached hydrogen (secondary N) is 1. The molecule has 1 unspecified atom stereocenters. The monoisotopic (exact) mass is 392 g/mol. The summed E-state index contributed by atoms with van der Waals surface area (Å²) in [5.41, 5.74) is 0.680. The fourth-order valence-corrected chi connectivity index (χ4v) is 5.00. The van der Waals surface area contributed by atoms with Crippen molar-refractivity contribution in [3.63, 3.8) is 0 Å². The molecule has 2 aromatic rings. The topological polar surface area (TPSA) is 101 Å². The molecule has 0 spiro atoms. The Balaban J connectivity index is 1.90. The number of imidazole rings is 1. The number of unbranched alkanes of at least 4 members (excludes halogenated alkanes) is 1. The molecular weight excluding hydrogens is 368 g/mol. The zero-order valence-corrected chi connectivity index (χ0v) is 16.3. The molecule has 0 radical (unpaired) electrons. The van der Waals surface area contributed by atoms with Gasteiger partial charge in [-0.15, -0.1) is 0 Å². The summed E-state index contributed by atoms with van der Waals surface area (Å²) >= 11 is 0. The summed E-state index contributed by atoms with van der Waals surface area (Å²) in [6, 6.07) is 4.89. The fourth-order valence-electron chi connectivity index (χ4n) is 3.23. The first-order valence-corrected chi connectivity index (χ1v) is 10.9. The highest BCUT2D eigenvalue weighted by Gasteiger charge is 2.34. The van der Waals surface area contributed by atoms with Crippen LogP contribution in [0.15, 0.2) is 24.4 Å². The van der Waals surface area contributed by atoms with Gasteiger partial charge in [0.25, 0.3) is 11.8 Å². The lowest BCUT2D eigenvalue weighted by Gasteiger charge is -2.22. The molecule has 0 bridgehead atoms. The highest BCUT2D eigenvalue weighted by Crippen LogP contribution is 2.21. The Hall–Kier alpha value is -2.42. The number of rotatable bonds is 6. The molecule has 2 amide bonds. The lowest BCUT2D eigenvalue weighted by Crippen LogP contribution is -2.38. The van der Waals surface area contributed by atoms with Gasteiger partial charge >= 0.3 is 0 Å². The predicted octanol–water partition coefficient (Wildman–Crippen LogP) is 1.12. The van der Waals surface area contributed by atoms with Crippen molar-refractivity contribution in [3.05, 3.63) is 35.9 Å². The van der Waals surface area contributed by atoms with Gasteiger partial charge in [-0.3, -0.25) is 14.0 Å². The number of hydrogen-bond donors (Lipinski definition) is 1. The van der Waals surface area contributed by atoms with Crippen LogP contribution in [0.1, 0.15) is 47.3 Å². The Kier molecular flexibility index (Phi) is 5.50. The van der Waals surface area contributed by atoms with Gasteiger partial charge in [0.2, 0.25) is 5.82 Å². The molecule has 27 heavy (non-hydrogen) atoms. The van der Waals surface area contributed by atoms with Crippen LogP contribution in [0.4, 0.5) is 0 Å². The van der Waals surface area contributed by atoms with Gasteiger partial charge in [0.15, 0.2) is 15.5 Å². The molecule has 146 valence electrons. The minimum atomic E-state index is -3.10. The normalized spacial score (nSPS) is 18.5. The summed E-state index contributed by atoms with van der Waals surface area (Å²) in [7, 11) is -1.52. The second kappa shape index (κ2) is 7.67. The van der Waals surface area contributed by atoms with Crippen molar-refractivity contribution < 1.29 is 18.0 Å². The van der Waals surface area contributed by atoms with Crippen LogP contribution in [0.2, 0.25) is 0 Å². The van der Waals surface area contributed by atoms with E-state index in [0.717, 1.165) is 12.8 Å². The van der Waals surface area contributed by atoms with Gasteiger partial charge in [0.1, 0.15) is 0 Å². The summed E-state index contributed by atoms with van der Waals surface area (Å²) in [5, 5.41) is 2.81. The summed E-state index contributed by atoms with van der Waals surface area (Å²) < 4.78 is 25.0. The van der Waals surface area contributed by atoms with E-state index in [0.29, 0.717) is 18.5 Å². The third-order valence-electron chi connectivity index (χ3n) is 4.85. The number of sulfone groups is 1.